The van der Waals surface area contributed by atoms with Gasteiger partial charge in [0.25, 0.3) is 0 Å². The molecule has 19 heavy (non-hydrogen) atoms. The molecule has 2 rings (SSSR count). The Kier molecular flexibility index (Phi) is 6.15. The van der Waals surface area contributed by atoms with Crippen LogP contribution in [0.3, 0.4) is 0 Å². The van der Waals surface area contributed by atoms with Crippen molar-refractivity contribution in [1.29, 1.82) is 0 Å². The van der Waals surface area contributed by atoms with Crippen molar-refractivity contribution in [3.8, 4) is 0 Å². The van der Waals surface area contributed by atoms with Gasteiger partial charge in [0.2, 0.25) is 0 Å². The van der Waals surface area contributed by atoms with Gasteiger partial charge in [-0.1, -0.05) is 38.5 Å². The van der Waals surface area contributed by atoms with Crippen molar-refractivity contribution in [3.63, 3.8) is 0 Å². The van der Waals surface area contributed by atoms with Crippen LogP contribution in [0.4, 0.5) is 0 Å². The highest BCUT2D eigenvalue weighted by Crippen LogP contribution is 2.31. The topological polar surface area (TPSA) is 15.3 Å². The van der Waals surface area contributed by atoms with E-state index in [2.05, 4.69) is 24.3 Å². The number of nitrogens with zero attached hydrogens (tertiary/aromatic N) is 1. The van der Waals surface area contributed by atoms with Crippen molar-refractivity contribution in [2.45, 2.75) is 76.2 Å². The lowest BCUT2D eigenvalue weighted by Gasteiger charge is -2.39. The van der Waals surface area contributed by atoms with Crippen molar-refractivity contribution in [1.82, 2.24) is 10.2 Å². The zero-order chi connectivity index (χ0) is 13.6. The zero-order valence-electron chi connectivity index (χ0n) is 13.2. The van der Waals surface area contributed by atoms with Gasteiger partial charge in [-0.25, -0.2) is 0 Å². The van der Waals surface area contributed by atoms with Crippen molar-refractivity contribution < 1.29 is 0 Å². The second kappa shape index (κ2) is 7.64. The fraction of sp³-hybridized carbons (Fsp3) is 1.00. The van der Waals surface area contributed by atoms with Gasteiger partial charge in [-0.2, -0.15) is 0 Å². The van der Waals surface area contributed by atoms with Gasteiger partial charge >= 0.3 is 0 Å². The van der Waals surface area contributed by atoms with Crippen LogP contribution in [-0.4, -0.2) is 37.6 Å². The molecule has 2 fully saturated rings. The van der Waals surface area contributed by atoms with Crippen LogP contribution in [0.2, 0.25) is 0 Å². The Morgan fingerprint density at radius 1 is 1.00 bits per heavy atom. The smallest absolute Gasteiger partial charge is 0.0190 e. The van der Waals surface area contributed by atoms with E-state index in [4.69, 9.17) is 0 Å². The van der Waals surface area contributed by atoms with E-state index in [1.54, 1.807) is 0 Å². The molecule has 112 valence electrons. The first-order valence-electron chi connectivity index (χ1n) is 8.62. The molecule has 0 amide bonds. The first kappa shape index (κ1) is 15.3. The summed E-state index contributed by atoms with van der Waals surface area (Å²) in [5, 5.41) is 3.65. The fourth-order valence-electron chi connectivity index (χ4n) is 4.16. The van der Waals surface area contributed by atoms with Crippen molar-refractivity contribution in [2.75, 3.05) is 27.2 Å². The summed E-state index contributed by atoms with van der Waals surface area (Å²) in [6.07, 6.45) is 15.8. The van der Waals surface area contributed by atoms with Gasteiger partial charge in [-0.15, -0.1) is 0 Å². The van der Waals surface area contributed by atoms with Gasteiger partial charge in [0.15, 0.2) is 0 Å². The van der Waals surface area contributed by atoms with Gasteiger partial charge in [0.05, 0.1) is 0 Å². The van der Waals surface area contributed by atoms with Gasteiger partial charge in [0.1, 0.15) is 0 Å². The standard InChI is InChI=1S/C17H34N2/c1-18-17(11-7-4-8-12-17)13-14-19(2)15-16-9-5-3-6-10-16/h16,18H,3-15H2,1-2H3. The molecular formula is C17H34N2. The van der Waals surface area contributed by atoms with Gasteiger partial charge < -0.3 is 10.2 Å². The molecule has 2 aliphatic carbocycles. The van der Waals surface area contributed by atoms with E-state index in [9.17, 15) is 0 Å². The van der Waals surface area contributed by atoms with Crippen LogP contribution in [0, 0.1) is 5.92 Å². The first-order chi connectivity index (χ1) is 9.24. The summed E-state index contributed by atoms with van der Waals surface area (Å²) in [4.78, 5) is 2.60. The van der Waals surface area contributed by atoms with Crippen molar-refractivity contribution >= 4 is 0 Å². The lowest BCUT2D eigenvalue weighted by atomic mass is 9.79. The Labute approximate surface area is 120 Å². The molecule has 0 bridgehead atoms. The van der Waals surface area contributed by atoms with E-state index >= 15 is 0 Å². The van der Waals surface area contributed by atoms with Crippen molar-refractivity contribution in [3.05, 3.63) is 0 Å². The summed E-state index contributed by atoms with van der Waals surface area (Å²) in [6, 6.07) is 0. The molecule has 2 nitrogen and oxygen atoms in total. The third-order valence-electron chi connectivity index (χ3n) is 5.61. The van der Waals surface area contributed by atoms with E-state index in [0.717, 1.165) is 5.92 Å². The van der Waals surface area contributed by atoms with Crippen LogP contribution in [-0.2, 0) is 0 Å². The summed E-state index contributed by atoms with van der Waals surface area (Å²) in [5.41, 5.74) is 0.457. The van der Waals surface area contributed by atoms with E-state index in [1.807, 2.05) is 0 Å². The minimum atomic E-state index is 0.457. The quantitative estimate of drug-likeness (QED) is 0.786. The Hall–Kier alpha value is -0.0800. The predicted molar refractivity (Wildman–Crippen MR) is 83.6 cm³/mol. The minimum absolute atomic E-state index is 0.457. The summed E-state index contributed by atoms with van der Waals surface area (Å²) >= 11 is 0. The molecule has 0 spiro atoms. The van der Waals surface area contributed by atoms with Gasteiger partial charge in [-0.3, -0.25) is 0 Å². The molecule has 0 atom stereocenters. The van der Waals surface area contributed by atoms with Crippen LogP contribution < -0.4 is 5.32 Å². The largest absolute Gasteiger partial charge is 0.314 e. The molecule has 0 aliphatic heterocycles. The summed E-state index contributed by atoms with van der Waals surface area (Å²) < 4.78 is 0. The van der Waals surface area contributed by atoms with Gasteiger partial charge in [-0.05, 0) is 58.7 Å². The average molecular weight is 266 g/mol. The molecule has 1 N–H and O–H groups in total. The predicted octanol–water partition coefficient (Wildman–Crippen LogP) is 3.81. The number of hydrogen-bond acceptors (Lipinski definition) is 2. The minimum Gasteiger partial charge on any atom is -0.314 e. The summed E-state index contributed by atoms with van der Waals surface area (Å²) in [7, 11) is 4.51. The lowest BCUT2D eigenvalue weighted by Crippen LogP contribution is -2.47. The van der Waals surface area contributed by atoms with Crippen LogP contribution in [0.25, 0.3) is 0 Å². The molecule has 0 radical (unpaired) electrons. The van der Waals surface area contributed by atoms with E-state index in [-0.39, 0.29) is 0 Å². The molecule has 2 aliphatic rings. The van der Waals surface area contributed by atoms with Gasteiger partial charge in [0, 0.05) is 12.1 Å². The lowest BCUT2D eigenvalue weighted by molar-refractivity contribution is 0.176. The molecule has 0 aromatic carbocycles. The summed E-state index contributed by atoms with van der Waals surface area (Å²) in [6.45, 7) is 2.61. The Balaban J connectivity index is 1.70. The summed E-state index contributed by atoms with van der Waals surface area (Å²) in [5.74, 6) is 0.982. The molecule has 2 heteroatoms. The molecule has 0 saturated heterocycles. The van der Waals surface area contributed by atoms with Crippen LogP contribution in [0.5, 0.6) is 0 Å². The van der Waals surface area contributed by atoms with E-state index in [0.29, 0.717) is 5.54 Å². The fourth-order valence-corrected chi connectivity index (χ4v) is 4.16. The molecule has 0 unspecified atom stereocenters. The Bertz CT molecular complexity index is 240. The Morgan fingerprint density at radius 3 is 2.26 bits per heavy atom. The molecule has 0 heterocycles. The second-order valence-electron chi connectivity index (χ2n) is 7.11. The number of rotatable bonds is 6. The van der Waals surface area contributed by atoms with Crippen LogP contribution in [0.1, 0.15) is 70.6 Å². The second-order valence-corrected chi connectivity index (χ2v) is 7.11. The molecule has 2 saturated carbocycles. The first-order valence-corrected chi connectivity index (χ1v) is 8.62. The average Bonchev–Trinajstić information content (AvgIpc) is 2.47. The third kappa shape index (κ3) is 4.75. The maximum atomic E-state index is 3.65. The molecular weight excluding hydrogens is 232 g/mol. The molecule has 0 aromatic rings. The van der Waals surface area contributed by atoms with Crippen LogP contribution >= 0.6 is 0 Å². The zero-order valence-corrected chi connectivity index (χ0v) is 13.2. The SMILES string of the molecule is CNC1(CCN(C)CC2CCCCC2)CCCCC1. The normalized spacial score (nSPS) is 24.8. The third-order valence-corrected chi connectivity index (χ3v) is 5.61. The van der Waals surface area contributed by atoms with Crippen molar-refractivity contribution in [2.24, 2.45) is 5.92 Å². The maximum absolute atomic E-state index is 3.65. The number of nitrogens with one attached hydrogen (secondary N) is 1. The van der Waals surface area contributed by atoms with Crippen LogP contribution in [0.15, 0.2) is 0 Å². The maximum Gasteiger partial charge on any atom is 0.0190 e. The monoisotopic (exact) mass is 266 g/mol. The highest BCUT2D eigenvalue weighted by Gasteiger charge is 2.30. The number of hydrogen-bond donors (Lipinski definition) is 1. The highest BCUT2D eigenvalue weighted by molar-refractivity contribution is 4.90. The molecule has 0 aromatic heterocycles. The van der Waals surface area contributed by atoms with E-state index in [1.165, 1.54) is 83.7 Å². The van der Waals surface area contributed by atoms with E-state index < -0.39 is 0 Å². The Morgan fingerprint density at radius 2 is 1.63 bits per heavy atom. The highest BCUT2D eigenvalue weighted by atomic mass is 15.1.